The van der Waals surface area contributed by atoms with Crippen LogP contribution in [0.15, 0.2) is 11.8 Å². The van der Waals surface area contributed by atoms with E-state index in [4.69, 9.17) is 14.3 Å². The van der Waals surface area contributed by atoms with Crippen LogP contribution in [0, 0.1) is 5.92 Å². The zero-order valence-corrected chi connectivity index (χ0v) is 12.3. The van der Waals surface area contributed by atoms with Crippen molar-refractivity contribution in [2.45, 2.75) is 50.5 Å². The molecule has 0 bridgehead atoms. The molecule has 2 fully saturated rings. The van der Waals surface area contributed by atoms with E-state index in [0.29, 0.717) is 5.76 Å². The fourth-order valence-corrected chi connectivity index (χ4v) is 3.13. The van der Waals surface area contributed by atoms with Crippen LogP contribution in [0.2, 0.25) is 0 Å². The molecule has 0 saturated heterocycles. The lowest BCUT2D eigenvalue weighted by Crippen LogP contribution is -2.50. The average Bonchev–Trinajstić information content (AvgIpc) is 3.29. The van der Waals surface area contributed by atoms with Gasteiger partial charge in [0, 0.05) is 13.2 Å². The predicted octanol–water partition coefficient (Wildman–Crippen LogP) is 1.90. The number of carbonyl (C=O) groups excluding carboxylic acids is 2. The third-order valence-corrected chi connectivity index (χ3v) is 4.40. The van der Waals surface area contributed by atoms with Crippen LogP contribution in [0.5, 0.6) is 0 Å². The SMILES string of the molecule is COCON1C(=O)C=C(OC(=O)C2CC2)C12CCCCC2. The van der Waals surface area contributed by atoms with E-state index in [1.807, 2.05) is 0 Å². The van der Waals surface area contributed by atoms with Crippen LogP contribution < -0.4 is 0 Å². The maximum absolute atomic E-state index is 12.2. The predicted molar refractivity (Wildman–Crippen MR) is 72.5 cm³/mol. The average molecular weight is 295 g/mol. The Bertz CT molecular complexity index is 463. The van der Waals surface area contributed by atoms with Crippen molar-refractivity contribution in [3.8, 4) is 0 Å². The van der Waals surface area contributed by atoms with Crippen LogP contribution in [-0.2, 0) is 23.9 Å². The molecule has 21 heavy (non-hydrogen) atoms. The van der Waals surface area contributed by atoms with Gasteiger partial charge >= 0.3 is 5.97 Å². The molecule has 2 aliphatic carbocycles. The monoisotopic (exact) mass is 295 g/mol. The summed E-state index contributed by atoms with van der Waals surface area (Å²) < 4.78 is 10.5. The van der Waals surface area contributed by atoms with Crippen molar-refractivity contribution < 1.29 is 23.9 Å². The van der Waals surface area contributed by atoms with E-state index in [1.165, 1.54) is 18.2 Å². The number of hydroxylamine groups is 2. The normalized spacial score (nSPS) is 24.3. The lowest BCUT2D eigenvalue weighted by atomic mass is 9.81. The molecule has 0 unspecified atom stereocenters. The summed E-state index contributed by atoms with van der Waals surface area (Å²) in [5.41, 5.74) is -0.627. The molecular formula is C15H21NO5. The highest BCUT2D eigenvalue weighted by Crippen LogP contribution is 2.45. The molecule has 1 aliphatic heterocycles. The van der Waals surface area contributed by atoms with Gasteiger partial charge in [-0.2, -0.15) is 0 Å². The second-order valence-corrected chi connectivity index (χ2v) is 5.96. The van der Waals surface area contributed by atoms with Crippen LogP contribution in [0.3, 0.4) is 0 Å². The number of rotatable bonds is 5. The molecule has 0 aromatic rings. The standard InChI is InChI=1S/C15H21NO5/c1-19-10-20-16-13(17)9-12(21-14(18)11-5-6-11)15(16)7-3-2-4-8-15/h9,11H,2-8,10H2,1H3. The summed E-state index contributed by atoms with van der Waals surface area (Å²) in [7, 11) is 1.51. The van der Waals surface area contributed by atoms with Gasteiger partial charge in [-0.15, -0.1) is 0 Å². The second kappa shape index (κ2) is 5.77. The minimum absolute atomic E-state index is 0.00514. The zero-order chi connectivity index (χ0) is 14.9. The summed E-state index contributed by atoms with van der Waals surface area (Å²) in [6.45, 7) is 0.00514. The van der Waals surface area contributed by atoms with Gasteiger partial charge in [0.2, 0.25) is 0 Å². The molecule has 1 heterocycles. The Kier molecular flexibility index (Phi) is 3.99. The van der Waals surface area contributed by atoms with Gasteiger partial charge in [-0.3, -0.25) is 9.59 Å². The number of hydrogen-bond donors (Lipinski definition) is 0. The number of amides is 1. The van der Waals surface area contributed by atoms with Crippen LogP contribution in [0.1, 0.15) is 44.9 Å². The Hall–Kier alpha value is -1.40. The number of nitrogens with zero attached hydrogens (tertiary/aromatic N) is 1. The summed E-state index contributed by atoms with van der Waals surface area (Å²) in [4.78, 5) is 29.6. The fourth-order valence-electron chi connectivity index (χ4n) is 3.13. The van der Waals surface area contributed by atoms with E-state index in [-0.39, 0.29) is 24.6 Å². The number of methoxy groups -OCH3 is 1. The van der Waals surface area contributed by atoms with E-state index in [0.717, 1.165) is 44.9 Å². The highest BCUT2D eigenvalue weighted by molar-refractivity contribution is 5.92. The molecule has 116 valence electrons. The van der Waals surface area contributed by atoms with Crippen molar-refractivity contribution >= 4 is 11.9 Å². The smallest absolute Gasteiger partial charge is 0.314 e. The van der Waals surface area contributed by atoms with Gasteiger partial charge in [0.15, 0.2) is 6.79 Å². The van der Waals surface area contributed by atoms with Gasteiger partial charge in [-0.25, -0.2) is 9.90 Å². The third-order valence-electron chi connectivity index (χ3n) is 4.40. The van der Waals surface area contributed by atoms with Crippen molar-refractivity contribution in [3.63, 3.8) is 0 Å². The van der Waals surface area contributed by atoms with Gasteiger partial charge in [-0.05, 0) is 25.7 Å². The molecule has 3 rings (SSSR count). The minimum atomic E-state index is -0.627. The molecule has 6 heteroatoms. The first-order valence-corrected chi connectivity index (χ1v) is 7.57. The Balaban J connectivity index is 1.80. The molecule has 1 amide bonds. The molecule has 0 atom stereocenters. The van der Waals surface area contributed by atoms with E-state index >= 15 is 0 Å². The molecule has 0 radical (unpaired) electrons. The van der Waals surface area contributed by atoms with Gasteiger partial charge in [0.05, 0.1) is 5.92 Å². The Morgan fingerprint density at radius 2 is 2.05 bits per heavy atom. The lowest BCUT2D eigenvalue weighted by Gasteiger charge is -2.41. The maximum atomic E-state index is 12.2. The lowest BCUT2D eigenvalue weighted by molar-refractivity contribution is -0.249. The summed E-state index contributed by atoms with van der Waals surface area (Å²) in [5, 5.41) is 1.35. The number of ether oxygens (including phenoxy) is 2. The summed E-state index contributed by atoms with van der Waals surface area (Å²) in [6, 6.07) is 0. The molecule has 6 nitrogen and oxygen atoms in total. The largest absolute Gasteiger partial charge is 0.428 e. The minimum Gasteiger partial charge on any atom is -0.428 e. The highest BCUT2D eigenvalue weighted by Gasteiger charge is 2.52. The van der Waals surface area contributed by atoms with Crippen molar-refractivity contribution in [3.05, 3.63) is 11.8 Å². The molecular weight excluding hydrogens is 274 g/mol. The first-order chi connectivity index (χ1) is 10.2. The van der Waals surface area contributed by atoms with Crippen LogP contribution >= 0.6 is 0 Å². The Labute approximate surface area is 124 Å². The van der Waals surface area contributed by atoms with Crippen LogP contribution in [0.25, 0.3) is 0 Å². The van der Waals surface area contributed by atoms with Crippen molar-refractivity contribution in [2.24, 2.45) is 5.92 Å². The fraction of sp³-hybridized carbons (Fsp3) is 0.733. The zero-order valence-electron chi connectivity index (χ0n) is 12.3. The number of hydrogen-bond acceptors (Lipinski definition) is 5. The summed E-state index contributed by atoms with van der Waals surface area (Å²) in [6.07, 6.45) is 7.78. The highest BCUT2D eigenvalue weighted by atomic mass is 16.8. The summed E-state index contributed by atoms with van der Waals surface area (Å²) >= 11 is 0. The Morgan fingerprint density at radius 1 is 1.33 bits per heavy atom. The molecule has 1 spiro atoms. The number of carbonyl (C=O) groups is 2. The first-order valence-electron chi connectivity index (χ1n) is 7.57. The van der Waals surface area contributed by atoms with Gasteiger partial charge in [0.1, 0.15) is 11.3 Å². The molecule has 0 N–H and O–H groups in total. The van der Waals surface area contributed by atoms with E-state index in [1.54, 1.807) is 0 Å². The maximum Gasteiger partial charge on any atom is 0.314 e. The van der Waals surface area contributed by atoms with Crippen molar-refractivity contribution in [1.82, 2.24) is 5.06 Å². The third kappa shape index (κ3) is 2.70. The van der Waals surface area contributed by atoms with Crippen molar-refractivity contribution in [1.29, 1.82) is 0 Å². The number of esters is 1. The molecule has 3 aliphatic rings. The van der Waals surface area contributed by atoms with Crippen LogP contribution in [0.4, 0.5) is 0 Å². The van der Waals surface area contributed by atoms with E-state index in [9.17, 15) is 9.59 Å². The van der Waals surface area contributed by atoms with Crippen LogP contribution in [-0.4, -0.2) is 36.4 Å². The van der Waals surface area contributed by atoms with E-state index < -0.39 is 5.54 Å². The topological polar surface area (TPSA) is 65.1 Å². The summed E-state index contributed by atoms with van der Waals surface area (Å²) in [5.74, 6) is -0.0177. The Morgan fingerprint density at radius 3 is 2.67 bits per heavy atom. The quantitative estimate of drug-likeness (QED) is 0.572. The van der Waals surface area contributed by atoms with Gasteiger partial charge in [-0.1, -0.05) is 19.3 Å². The van der Waals surface area contributed by atoms with Crippen molar-refractivity contribution in [2.75, 3.05) is 13.9 Å². The molecule has 0 aromatic carbocycles. The second-order valence-electron chi connectivity index (χ2n) is 5.96. The molecule has 0 aromatic heterocycles. The molecule has 2 saturated carbocycles. The van der Waals surface area contributed by atoms with Gasteiger partial charge in [0.25, 0.3) is 5.91 Å². The van der Waals surface area contributed by atoms with Gasteiger partial charge < -0.3 is 9.47 Å². The first kappa shape index (κ1) is 14.5. The van der Waals surface area contributed by atoms with E-state index in [2.05, 4.69) is 0 Å².